The Kier molecular flexibility index (Phi) is 11.9. The van der Waals surface area contributed by atoms with Crippen LogP contribution in [0, 0.1) is 23.8 Å². The number of aromatic nitrogens is 1. The van der Waals surface area contributed by atoms with Crippen molar-refractivity contribution in [1.82, 2.24) is 4.98 Å². The number of pyridine rings is 1. The molecule has 39 heavy (non-hydrogen) atoms. The topological polar surface area (TPSA) is 50.2 Å². The van der Waals surface area contributed by atoms with Gasteiger partial charge in [-0.1, -0.05) is 107 Å². The van der Waals surface area contributed by atoms with Crippen LogP contribution in [-0.2, 0) is 30.3 Å². The second-order valence-corrected chi connectivity index (χ2v) is 13.5. The molecule has 1 N–H and O–H groups in total. The number of hydrogen-bond acceptors (Lipinski definition) is 3. The zero-order valence-corrected chi connectivity index (χ0v) is 28.4. The van der Waals surface area contributed by atoms with E-state index in [0.717, 1.165) is 23.2 Å². The van der Waals surface area contributed by atoms with E-state index in [0.29, 0.717) is 5.92 Å². The number of nitrogens with zero attached hydrogens (tertiary/aromatic N) is 1. The third-order valence-electron chi connectivity index (χ3n) is 6.81. The first-order chi connectivity index (χ1) is 17.3. The summed E-state index contributed by atoms with van der Waals surface area (Å²) in [7, 11) is 0. The Bertz CT molecular complexity index is 1300. The van der Waals surface area contributed by atoms with Crippen LogP contribution in [0.2, 0.25) is 0 Å². The summed E-state index contributed by atoms with van der Waals surface area (Å²) in [6, 6.07) is 18.8. The number of benzene rings is 2. The zero-order valence-electron chi connectivity index (χ0n) is 26.0. The maximum absolute atomic E-state index is 11.5. The van der Waals surface area contributed by atoms with E-state index in [9.17, 15) is 9.90 Å². The molecule has 1 radical (unpaired) electrons. The Morgan fingerprint density at radius 2 is 1.56 bits per heavy atom. The van der Waals surface area contributed by atoms with Crippen LogP contribution >= 0.6 is 0 Å². The van der Waals surface area contributed by atoms with Crippen molar-refractivity contribution in [3.8, 4) is 11.3 Å². The SMILES string of the molecule is CC(C)(C)C(=O)/C=C(\O)C(C)(C)C.CCC(C)c1cc(-c2[c-]c(C)cc(C(C)(C)C)c2)nc2ccccc12.[Ir]. The fourth-order valence-corrected chi connectivity index (χ4v) is 3.81. The molecule has 1 heterocycles. The summed E-state index contributed by atoms with van der Waals surface area (Å²) in [5.41, 5.74) is 6.44. The van der Waals surface area contributed by atoms with Crippen molar-refractivity contribution in [2.24, 2.45) is 10.8 Å². The summed E-state index contributed by atoms with van der Waals surface area (Å²) in [4.78, 5) is 16.4. The van der Waals surface area contributed by atoms with Gasteiger partial charge >= 0.3 is 0 Å². The van der Waals surface area contributed by atoms with Gasteiger partial charge in [0.2, 0.25) is 0 Å². The molecule has 215 valence electrons. The maximum Gasteiger partial charge on any atom is 0.164 e. The van der Waals surface area contributed by atoms with Crippen LogP contribution in [0.5, 0.6) is 0 Å². The fourth-order valence-electron chi connectivity index (χ4n) is 3.81. The number of hydrogen-bond donors (Lipinski definition) is 1. The van der Waals surface area contributed by atoms with Crippen LogP contribution in [0.4, 0.5) is 0 Å². The molecular formula is C35H48IrNO2-. The van der Waals surface area contributed by atoms with Gasteiger partial charge in [0.05, 0.1) is 5.52 Å². The molecule has 0 aliphatic carbocycles. The van der Waals surface area contributed by atoms with Crippen molar-refractivity contribution in [2.75, 3.05) is 0 Å². The zero-order chi connectivity index (χ0) is 29.1. The second-order valence-electron chi connectivity index (χ2n) is 13.5. The normalized spacial score (nSPS) is 13.3. The minimum atomic E-state index is -0.417. The van der Waals surface area contributed by atoms with E-state index in [2.05, 4.69) is 90.1 Å². The fraction of sp³-hybridized carbons (Fsp3) is 0.486. The molecule has 2 aromatic carbocycles. The van der Waals surface area contributed by atoms with E-state index in [1.165, 1.54) is 28.2 Å². The molecule has 0 aliphatic rings. The van der Waals surface area contributed by atoms with Gasteiger partial charge in [-0.05, 0) is 35.1 Å². The molecule has 0 aliphatic heterocycles. The molecule has 0 amide bonds. The Balaban J connectivity index is 0.000000466. The predicted molar refractivity (Wildman–Crippen MR) is 163 cm³/mol. The average molecular weight is 707 g/mol. The van der Waals surface area contributed by atoms with Crippen molar-refractivity contribution < 1.29 is 30.0 Å². The minimum absolute atomic E-state index is 0. The Morgan fingerprint density at radius 3 is 2.08 bits per heavy atom. The van der Waals surface area contributed by atoms with Crippen LogP contribution in [0.3, 0.4) is 0 Å². The number of ketones is 1. The third kappa shape index (κ3) is 9.69. The molecule has 3 rings (SSSR count). The van der Waals surface area contributed by atoms with Gasteiger partial charge in [0.15, 0.2) is 5.78 Å². The molecule has 0 spiro atoms. The summed E-state index contributed by atoms with van der Waals surface area (Å²) in [5, 5.41) is 10.8. The molecule has 3 nitrogen and oxygen atoms in total. The van der Waals surface area contributed by atoms with E-state index in [1.54, 1.807) is 0 Å². The van der Waals surface area contributed by atoms with Crippen LogP contribution < -0.4 is 0 Å². The summed E-state index contributed by atoms with van der Waals surface area (Å²) >= 11 is 0. The largest absolute Gasteiger partial charge is 0.512 e. The monoisotopic (exact) mass is 707 g/mol. The maximum atomic E-state index is 11.5. The number of aliphatic hydroxyl groups excluding tert-OH is 1. The number of carbonyl (C=O) groups excluding carboxylic acids is 1. The third-order valence-corrected chi connectivity index (χ3v) is 6.81. The minimum Gasteiger partial charge on any atom is -0.512 e. The van der Waals surface area contributed by atoms with Crippen LogP contribution in [0.25, 0.3) is 22.2 Å². The van der Waals surface area contributed by atoms with E-state index >= 15 is 0 Å². The molecule has 0 saturated carbocycles. The number of rotatable bonds is 4. The molecule has 0 saturated heterocycles. The second kappa shape index (κ2) is 13.4. The van der Waals surface area contributed by atoms with E-state index in [4.69, 9.17) is 4.98 Å². The van der Waals surface area contributed by atoms with Gasteiger partial charge in [0.1, 0.15) is 5.76 Å². The van der Waals surface area contributed by atoms with E-state index in [-0.39, 0.29) is 42.5 Å². The number of fused-ring (bicyclic) bond motifs is 1. The van der Waals surface area contributed by atoms with Crippen molar-refractivity contribution in [2.45, 2.75) is 101 Å². The molecule has 1 aromatic heterocycles. The molecule has 1 unspecified atom stereocenters. The van der Waals surface area contributed by atoms with Gasteiger partial charge in [0, 0.05) is 42.4 Å². The Labute approximate surface area is 250 Å². The first-order valence-electron chi connectivity index (χ1n) is 13.7. The van der Waals surface area contributed by atoms with Crippen molar-refractivity contribution in [1.29, 1.82) is 0 Å². The smallest absolute Gasteiger partial charge is 0.164 e. The van der Waals surface area contributed by atoms with Crippen molar-refractivity contribution in [3.05, 3.63) is 77.1 Å². The van der Waals surface area contributed by atoms with Crippen LogP contribution in [0.1, 0.15) is 105 Å². The standard InChI is InChI=1S/C24H28N.C11H20O2.Ir/c1-7-17(3)21-15-23(25-22-11-9-8-10-20(21)22)18-12-16(2)13-19(14-18)24(4,5)6;1-10(2,3)8(12)7-9(13)11(4,5)6;/h8-11,13-15,17H,7H2,1-6H3;7,12H,1-6H3;/q-1;;/b;8-7-;. The summed E-state index contributed by atoms with van der Waals surface area (Å²) in [6.07, 6.45) is 2.46. The summed E-state index contributed by atoms with van der Waals surface area (Å²) in [6.45, 7) is 24.5. The number of carbonyl (C=O) groups is 1. The molecule has 1 atom stereocenters. The predicted octanol–water partition coefficient (Wildman–Crippen LogP) is 9.91. The molecule has 0 fully saturated rings. The quantitative estimate of drug-likeness (QED) is 0.167. The van der Waals surface area contributed by atoms with Crippen LogP contribution in [-0.4, -0.2) is 15.9 Å². The van der Waals surface area contributed by atoms with Gasteiger partial charge in [-0.15, -0.1) is 34.9 Å². The van der Waals surface area contributed by atoms with Crippen molar-refractivity contribution >= 4 is 16.7 Å². The Morgan fingerprint density at radius 1 is 0.974 bits per heavy atom. The number of allylic oxidation sites excluding steroid dienone is 2. The summed E-state index contributed by atoms with van der Waals surface area (Å²) < 4.78 is 0. The number of aliphatic hydroxyl groups is 1. The molecular weight excluding hydrogens is 659 g/mol. The van der Waals surface area contributed by atoms with Gasteiger partial charge in [-0.3, -0.25) is 9.78 Å². The van der Waals surface area contributed by atoms with Crippen LogP contribution in [0.15, 0.2) is 54.3 Å². The van der Waals surface area contributed by atoms with E-state index in [1.807, 2.05) is 41.5 Å². The molecule has 4 heteroatoms. The van der Waals surface area contributed by atoms with Gasteiger partial charge < -0.3 is 5.11 Å². The summed E-state index contributed by atoms with van der Waals surface area (Å²) in [5.74, 6) is 0.617. The van der Waals surface area contributed by atoms with Crippen molar-refractivity contribution in [3.63, 3.8) is 0 Å². The Hall–Kier alpha value is -2.29. The molecule has 3 aromatic rings. The van der Waals surface area contributed by atoms with E-state index < -0.39 is 5.41 Å². The first-order valence-corrected chi connectivity index (χ1v) is 13.7. The van der Waals surface area contributed by atoms with Gasteiger partial charge in [0.25, 0.3) is 0 Å². The number of aryl methyl sites for hydroxylation is 1. The van der Waals surface area contributed by atoms with Gasteiger partial charge in [-0.2, -0.15) is 0 Å². The average Bonchev–Trinajstić information content (AvgIpc) is 2.81. The first kappa shape index (κ1) is 34.7. The van der Waals surface area contributed by atoms with Gasteiger partial charge in [-0.25, -0.2) is 0 Å². The number of para-hydroxylation sites is 1. The molecule has 0 bridgehead atoms.